The van der Waals surface area contributed by atoms with Gasteiger partial charge in [-0.3, -0.25) is 4.79 Å². The van der Waals surface area contributed by atoms with E-state index in [1.165, 1.54) is 4.90 Å². The normalized spacial score (nSPS) is 22.9. The lowest BCUT2D eigenvalue weighted by Gasteiger charge is -2.28. The van der Waals surface area contributed by atoms with Gasteiger partial charge in [0.2, 0.25) is 5.91 Å². The molecule has 4 nitrogen and oxygen atoms in total. The van der Waals surface area contributed by atoms with Crippen LogP contribution in [0.2, 0.25) is 0 Å². The molecule has 2 atom stereocenters. The maximum Gasteiger partial charge on any atom is 0.326 e. The van der Waals surface area contributed by atoms with Gasteiger partial charge in [-0.1, -0.05) is 51.1 Å². The van der Waals surface area contributed by atoms with Crippen molar-refractivity contribution >= 4 is 11.9 Å². The Morgan fingerprint density at radius 2 is 1.80 bits per heavy atom. The fraction of sp³-hybridized carbons (Fsp3) is 0.500. The fourth-order valence-electron chi connectivity index (χ4n) is 2.69. The van der Waals surface area contributed by atoms with E-state index in [-0.39, 0.29) is 11.8 Å². The Hall–Kier alpha value is -1.84. The first-order chi connectivity index (χ1) is 9.30. The third-order valence-electron chi connectivity index (χ3n) is 3.76. The first kappa shape index (κ1) is 14.6. The van der Waals surface area contributed by atoms with Crippen LogP contribution in [0.4, 0.5) is 0 Å². The molecule has 0 spiro atoms. The number of amides is 1. The Bertz CT molecular complexity index is 504. The van der Waals surface area contributed by atoms with E-state index < -0.39 is 17.4 Å². The number of hydrogen-bond acceptors (Lipinski definition) is 2. The lowest BCUT2D eigenvalue weighted by molar-refractivity contribution is -0.151. The second-order valence-electron chi connectivity index (χ2n) is 6.40. The first-order valence-corrected chi connectivity index (χ1v) is 6.89. The second kappa shape index (κ2) is 5.27. The number of carbonyl (C=O) groups is 2. The van der Waals surface area contributed by atoms with Gasteiger partial charge < -0.3 is 10.0 Å². The number of benzene rings is 1. The molecule has 0 bridgehead atoms. The zero-order chi connectivity index (χ0) is 14.9. The molecule has 1 fully saturated rings. The van der Waals surface area contributed by atoms with Gasteiger partial charge in [-0.15, -0.1) is 0 Å². The highest BCUT2D eigenvalue weighted by Crippen LogP contribution is 2.34. The zero-order valence-electron chi connectivity index (χ0n) is 12.2. The largest absolute Gasteiger partial charge is 0.480 e. The minimum absolute atomic E-state index is 0.0941. The van der Waals surface area contributed by atoms with Crippen molar-refractivity contribution in [3.05, 3.63) is 35.9 Å². The molecule has 0 aliphatic carbocycles. The lowest BCUT2D eigenvalue weighted by Crippen LogP contribution is -2.45. The third-order valence-corrected chi connectivity index (χ3v) is 3.76. The van der Waals surface area contributed by atoms with E-state index in [1.54, 1.807) is 0 Å². The van der Waals surface area contributed by atoms with Crippen molar-refractivity contribution in [3.8, 4) is 0 Å². The zero-order valence-corrected chi connectivity index (χ0v) is 12.2. The van der Waals surface area contributed by atoms with Crippen LogP contribution in [0.1, 0.15) is 38.7 Å². The van der Waals surface area contributed by atoms with Crippen molar-refractivity contribution in [1.29, 1.82) is 0 Å². The molecule has 1 aliphatic heterocycles. The third kappa shape index (κ3) is 2.84. The van der Waals surface area contributed by atoms with Gasteiger partial charge in [0.05, 0.1) is 0 Å². The molecule has 108 valence electrons. The van der Waals surface area contributed by atoms with Crippen molar-refractivity contribution in [2.45, 2.75) is 39.2 Å². The minimum Gasteiger partial charge on any atom is -0.480 e. The summed E-state index contributed by atoms with van der Waals surface area (Å²) in [5.74, 6) is -0.909. The van der Waals surface area contributed by atoms with Crippen molar-refractivity contribution in [1.82, 2.24) is 4.90 Å². The van der Waals surface area contributed by atoms with Crippen LogP contribution in [-0.4, -0.2) is 34.5 Å². The number of nitrogens with zero attached hydrogens (tertiary/aromatic N) is 1. The average Bonchev–Trinajstić information content (AvgIpc) is 2.82. The maximum atomic E-state index is 12.4. The van der Waals surface area contributed by atoms with Crippen LogP contribution < -0.4 is 0 Å². The molecule has 1 aromatic rings. The SMILES string of the molecule is CC(C)(C)C(=O)N1CC(c2ccccc2)CC1C(=O)O. The highest BCUT2D eigenvalue weighted by Gasteiger charge is 2.43. The monoisotopic (exact) mass is 275 g/mol. The Morgan fingerprint density at radius 1 is 1.20 bits per heavy atom. The highest BCUT2D eigenvalue weighted by atomic mass is 16.4. The van der Waals surface area contributed by atoms with Gasteiger partial charge in [-0.25, -0.2) is 4.79 Å². The molecule has 0 aromatic heterocycles. The second-order valence-corrected chi connectivity index (χ2v) is 6.40. The van der Waals surface area contributed by atoms with E-state index in [0.717, 1.165) is 5.56 Å². The van der Waals surface area contributed by atoms with Gasteiger partial charge in [-0.2, -0.15) is 0 Å². The Kier molecular flexibility index (Phi) is 3.84. The summed E-state index contributed by atoms with van der Waals surface area (Å²) < 4.78 is 0. The summed E-state index contributed by atoms with van der Waals surface area (Å²) in [6, 6.07) is 9.10. The predicted octanol–water partition coefficient (Wildman–Crippen LogP) is 2.50. The summed E-state index contributed by atoms with van der Waals surface area (Å²) in [5, 5.41) is 9.37. The predicted molar refractivity (Wildman–Crippen MR) is 76.4 cm³/mol. The molecule has 1 aliphatic rings. The molecular weight excluding hydrogens is 254 g/mol. The molecule has 0 saturated carbocycles. The minimum atomic E-state index is -0.916. The number of carboxylic acid groups (broad SMARTS) is 1. The molecule has 1 amide bonds. The maximum absolute atomic E-state index is 12.4. The number of rotatable bonds is 2. The van der Waals surface area contributed by atoms with E-state index >= 15 is 0 Å². The number of aliphatic carboxylic acids is 1. The van der Waals surface area contributed by atoms with Gasteiger partial charge in [0.25, 0.3) is 0 Å². The van der Waals surface area contributed by atoms with Crippen LogP contribution in [-0.2, 0) is 9.59 Å². The fourth-order valence-corrected chi connectivity index (χ4v) is 2.69. The Morgan fingerprint density at radius 3 is 2.30 bits per heavy atom. The Balaban J connectivity index is 2.24. The van der Waals surface area contributed by atoms with Crippen LogP contribution in [0.5, 0.6) is 0 Å². The topological polar surface area (TPSA) is 57.6 Å². The number of hydrogen-bond donors (Lipinski definition) is 1. The molecule has 0 radical (unpaired) electrons. The van der Waals surface area contributed by atoms with Crippen molar-refractivity contribution < 1.29 is 14.7 Å². The van der Waals surface area contributed by atoms with Gasteiger partial charge in [0.15, 0.2) is 0 Å². The molecule has 2 unspecified atom stereocenters. The summed E-state index contributed by atoms with van der Waals surface area (Å²) in [7, 11) is 0. The average molecular weight is 275 g/mol. The van der Waals surface area contributed by atoms with Gasteiger partial charge in [0.1, 0.15) is 6.04 Å². The molecule has 20 heavy (non-hydrogen) atoms. The van der Waals surface area contributed by atoms with E-state index in [9.17, 15) is 14.7 Å². The van der Waals surface area contributed by atoms with Crippen LogP contribution in [0.15, 0.2) is 30.3 Å². The standard InChI is InChI=1S/C16H21NO3/c1-16(2,3)15(20)17-10-12(9-13(17)14(18)19)11-7-5-4-6-8-11/h4-8,12-13H,9-10H2,1-3H3,(H,18,19). The smallest absolute Gasteiger partial charge is 0.326 e. The summed E-state index contributed by atoms with van der Waals surface area (Å²) >= 11 is 0. The quantitative estimate of drug-likeness (QED) is 0.902. The van der Waals surface area contributed by atoms with E-state index in [2.05, 4.69) is 0 Å². The molecular formula is C16H21NO3. The molecule has 1 aromatic carbocycles. The molecule has 1 saturated heterocycles. The summed E-state index contributed by atoms with van der Waals surface area (Å²) in [4.78, 5) is 25.4. The number of likely N-dealkylation sites (tertiary alicyclic amines) is 1. The van der Waals surface area contributed by atoms with E-state index in [1.807, 2.05) is 51.1 Å². The van der Waals surface area contributed by atoms with Crippen LogP contribution in [0.25, 0.3) is 0 Å². The van der Waals surface area contributed by atoms with Gasteiger partial charge in [0, 0.05) is 17.9 Å². The van der Waals surface area contributed by atoms with Crippen LogP contribution >= 0.6 is 0 Å². The van der Waals surface area contributed by atoms with Crippen LogP contribution in [0.3, 0.4) is 0 Å². The van der Waals surface area contributed by atoms with Crippen LogP contribution in [0, 0.1) is 5.41 Å². The van der Waals surface area contributed by atoms with Crippen molar-refractivity contribution in [3.63, 3.8) is 0 Å². The number of carboxylic acids is 1. The van der Waals surface area contributed by atoms with Gasteiger partial charge in [-0.05, 0) is 12.0 Å². The summed E-state index contributed by atoms with van der Waals surface area (Å²) in [6.07, 6.45) is 0.487. The van der Waals surface area contributed by atoms with E-state index in [0.29, 0.717) is 13.0 Å². The molecule has 4 heteroatoms. The summed E-state index contributed by atoms with van der Waals surface area (Å²) in [6.45, 7) is 5.95. The first-order valence-electron chi connectivity index (χ1n) is 6.89. The summed E-state index contributed by atoms with van der Waals surface area (Å²) in [5.41, 5.74) is 0.544. The molecule has 1 heterocycles. The number of carbonyl (C=O) groups excluding carboxylic acids is 1. The lowest BCUT2D eigenvalue weighted by atomic mass is 9.94. The molecule has 2 rings (SSSR count). The highest BCUT2D eigenvalue weighted by molar-refractivity contribution is 5.87. The van der Waals surface area contributed by atoms with E-state index in [4.69, 9.17) is 0 Å². The molecule has 1 N–H and O–H groups in total. The Labute approximate surface area is 119 Å². The van der Waals surface area contributed by atoms with Gasteiger partial charge >= 0.3 is 5.97 Å². The van der Waals surface area contributed by atoms with Crippen molar-refractivity contribution in [2.75, 3.05) is 6.54 Å². The van der Waals surface area contributed by atoms with Crippen molar-refractivity contribution in [2.24, 2.45) is 5.41 Å².